The van der Waals surface area contributed by atoms with E-state index in [0.29, 0.717) is 17.5 Å². The molecule has 0 bridgehead atoms. The number of thiophene rings is 1. The minimum absolute atomic E-state index is 0.627. The van der Waals surface area contributed by atoms with Crippen LogP contribution in [0.3, 0.4) is 0 Å². The number of fused-ring (bicyclic) bond motifs is 3. The summed E-state index contributed by atoms with van der Waals surface area (Å²) in [5, 5.41) is 2.51. The topological polar surface area (TPSA) is 38.7 Å². The SMILES string of the molecule is c1ccc(-c2ccc(-c3nc(-c4cc(-c5ccccc5)cc(-c5cccc(-c6ccccc6)c5)c4)nc(-c4ccc5c(c4)sc4ccccc45)n3)cc2)cc1. The van der Waals surface area contributed by atoms with Crippen LogP contribution in [0, 0.1) is 0 Å². The van der Waals surface area contributed by atoms with Gasteiger partial charge in [0.1, 0.15) is 0 Å². The number of hydrogen-bond donors (Lipinski definition) is 0. The lowest BCUT2D eigenvalue weighted by Gasteiger charge is -2.13. The van der Waals surface area contributed by atoms with Gasteiger partial charge in [0.2, 0.25) is 0 Å². The molecule has 0 saturated carbocycles. The predicted octanol–water partition coefficient (Wildman–Crippen LogP) is 13.9. The van der Waals surface area contributed by atoms with E-state index in [4.69, 9.17) is 15.0 Å². The minimum Gasteiger partial charge on any atom is -0.208 e. The van der Waals surface area contributed by atoms with Crippen LogP contribution >= 0.6 is 11.3 Å². The van der Waals surface area contributed by atoms with Crippen LogP contribution in [-0.4, -0.2) is 15.0 Å². The van der Waals surface area contributed by atoms with Gasteiger partial charge >= 0.3 is 0 Å². The Hall–Kier alpha value is -7.01. The Bertz CT molecular complexity index is 2950. The highest BCUT2D eigenvalue weighted by Gasteiger charge is 2.17. The van der Waals surface area contributed by atoms with Crippen LogP contribution in [0.4, 0.5) is 0 Å². The first-order valence-electron chi connectivity index (χ1n) is 18.4. The third kappa shape index (κ3) is 6.50. The fourth-order valence-corrected chi connectivity index (χ4v) is 8.45. The second-order valence-electron chi connectivity index (χ2n) is 13.7. The molecule has 0 amide bonds. The van der Waals surface area contributed by atoms with Gasteiger partial charge in [0, 0.05) is 36.9 Å². The van der Waals surface area contributed by atoms with Crippen molar-refractivity contribution < 1.29 is 0 Å². The van der Waals surface area contributed by atoms with Crippen LogP contribution in [0.25, 0.3) is 98.8 Å². The first-order chi connectivity index (χ1) is 27.2. The number of hydrogen-bond acceptors (Lipinski definition) is 4. The average Bonchev–Trinajstić information content (AvgIpc) is 3.65. The lowest BCUT2D eigenvalue weighted by molar-refractivity contribution is 1.07. The van der Waals surface area contributed by atoms with Gasteiger partial charge in [0.05, 0.1) is 0 Å². The molecule has 3 nitrogen and oxygen atoms in total. The molecule has 55 heavy (non-hydrogen) atoms. The number of rotatable bonds is 7. The number of aromatic nitrogens is 3. The molecule has 0 atom stereocenters. The van der Waals surface area contributed by atoms with Gasteiger partial charge < -0.3 is 0 Å². The summed E-state index contributed by atoms with van der Waals surface area (Å²) in [6, 6.07) is 70.6. The maximum absolute atomic E-state index is 5.24. The third-order valence-corrected chi connectivity index (χ3v) is 11.3. The van der Waals surface area contributed by atoms with E-state index in [9.17, 15) is 0 Å². The molecule has 258 valence electrons. The predicted molar refractivity (Wildman–Crippen MR) is 231 cm³/mol. The van der Waals surface area contributed by atoms with Gasteiger partial charge in [-0.2, -0.15) is 0 Å². The van der Waals surface area contributed by atoms with Gasteiger partial charge in [0.25, 0.3) is 0 Å². The summed E-state index contributed by atoms with van der Waals surface area (Å²) in [4.78, 5) is 15.6. The van der Waals surface area contributed by atoms with Crippen molar-refractivity contribution in [3.8, 4) is 78.7 Å². The van der Waals surface area contributed by atoms with E-state index in [1.54, 1.807) is 11.3 Å². The fraction of sp³-hybridized carbons (Fsp3) is 0. The normalized spacial score (nSPS) is 11.3. The molecule has 2 aromatic heterocycles. The molecule has 0 unspecified atom stereocenters. The summed E-state index contributed by atoms with van der Waals surface area (Å²) in [6.07, 6.45) is 0. The highest BCUT2D eigenvalue weighted by molar-refractivity contribution is 7.25. The summed E-state index contributed by atoms with van der Waals surface area (Å²) in [5.41, 5.74) is 11.9. The highest BCUT2D eigenvalue weighted by atomic mass is 32.1. The van der Waals surface area contributed by atoms with Crippen LogP contribution in [0.2, 0.25) is 0 Å². The monoisotopic (exact) mass is 719 g/mol. The molecular formula is C51H33N3S. The lowest BCUT2D eigenvalue weighted by atomic mass is 9.94. The molecule has 0 aliphatic carbocycles. The molecule has 0 fully saturated rings. The molecule has 10 aromatic rings. The molecule has 0 radical (unpaired) electrons. The van der Waals surface area contributed by atoms with Crippen LogP contribution in [0.15, 0.2) is 200 Å². The third-order valence-electron chi connectivity index (χ3n) is 10.1. The summed E-state index contributed by atoms with van der Waals surface area (Å²) in [5.74, 6) is 1.90. The van der Waals surface area contributed by atoms with Gasteiger partial charge in [-0.05, 0) is 80.9 Å². The first-order valence-corrected chi connectivity index (χ1v) is 19.2. The van der Waals surface area contributed by atoms with E-state index in [0.717, 1.165) is 44.5 Å². The molecule has 2 heterocycles. The van der Waals surface area contributed by atoms with E-state index < -0.39 is 0 Å². The Labute approximate surface area is 323 Å². The highest BCUT2D eigenvalue weighted by Crippen LogP contribution is 2.38. The Balaban J connectivity index is 1.15. The van der Waals surface area contributed by atoms with E-state index in [1.807, 2.05) is 6.07 Å². The first kappa shape index (κ1) is 32.6. The maximum Gasteiger partial charge on any atom is 0.164 e. The van der Waals surface area contributed by atoms with Crippen LogP contribution in [0.1, 0.15) is 0 Å². The summed E-state index contributed by atoms with van der Waals surface area (Å²) in [7, 11) is 0. The molecular weight excluding hydrogens is 687 g/mol. The molecule has 0 aliphatic heterocycles. The zero-order valence-electron chi connectivity index (χ0n) is 29.8. The zero-order valence-corrected chi connectivity index (χ0v) is 30.6. The summed E-state index contributed by atoms with van der Waals surface area (Å²) >= 11 is 1.80. The summed E-state index contributed by atoms with van der Waals surface area (Å²) < 4.78 is 2.48. The Morgan fingerprint density at radius 2 is 0.636 bits per heavy atom. The Kier molecular flexibility index (Phi) is 8.36. The molecule has 0 spiro atoms. The Morgan fingerprint density at radius 3 is 1.31 bits per heavy atom. The maximum atomic E-state index is 5.24. The molecule has 4 heteroatoms. The fourth-order valence-electron chi connectivity index (χ4n) is 7.30. The molecule has 0 N–H and O–H groups in total. The molecule has 8 aromatic carbocycles. The van der Waals surface area contributed by atoms with Crippen molar-refractivity contribution in [2.75, 3.05) is 0 Å². The number of nitrogens with zero attached hydrogens (tertiary/aromatic N) is 3. The van der Waals surface area contributed by atoms with Crippen molar-refractivity contribution in [3.05, 3.63) is 200 Å². The van der Waals surface area contributed by atoms with Gasteiger partial charge in [0.15, 0.2) is 17.5 Å². The van der Waals surface area contributed by atoms with Crippen molar-refractivity contribution in [3.63, 3.8) is 0 Å². The van der Waals surface area contributed by atoms with E-state index >= 15 is 0 Å². The van der Waals surface area contributed by atoms with E-state index in [1.165, 1.54) is 36.9 Å². The van der Waals surface area contributed by atoms with Gasteiger partial charge in [-0.25, -0.2) is 15.0 Å². The van der Waals surface area contributed by atoms with Crippen molar-refractivity contribution in [2.24, 2.45) is 0 Å². The van der Waals surface area contributed by atoms with E-state index in [2.05, 4.69) is 194 Å². The molecule has 0 saturated heterocycles. The van der Waals surface area contributed by atoms with Gasteiger partial charge in [-0.3, -0.25) is 0 Å². The molecule has 10 rings (SSSR count). The lowest BCUT2D eigenvalue weighted by Crippen LogP contribution is -2.00. The largest absolute Gasteiger partial charge is 0.208 e. The quantitative estimate of drug-likeness (QED) is 0.165. The zero-order chi connectivity index (χ0) is 36.6. The van der Waals surface area contributed by atoms with Crippen LogP contribution in [-0.2, 0) is 0 Å². The number of benzene rings is 8. The second kappa shape index (κ2) is 14.1. The van der Waals surface area contributed by atoms with E-state index in [-0.39, 0.29) is 0 Å². The van der Waals surface area contributed by atoms with Crippen LogP contribution in [0.5, 0.6) is 0 Å². The summed E-state index contributed by atoms with van der Waals surface area (Å²) in [6.45, 7) is 0. The smallest absolute Gasteiger partial charge is 0.164 e. The Morgan fingerprint density at radius 1 is 0.236 bits per heavy atom. The minimum atomic E-state index is 0.627. The average molecular weight is 720 g/mol. The van der Waals surface area contributed by atoms with Gasteiger partial charge in [-0.1, -0.05) is 164 Å². The second-order valence-corrected chi connectivity index (χ2v) is 14.8. The van der Waals surface area contributed by atoms with Crippen molar-refractivity contribution in [2.45, 2.75) is 0 Å². The standard InChI is InChI=1S/C51H33N3S/c1-4-13-34(14-5-1)37-23-25-38(26-24-37)49-52-50(41-27-28-46-45-21-10-11-22-47(45)55-48(46)33-41)54-51(53-49)44-31-42(36-17-8-3-9-18-36)30-43(32-44)40-20-12-19-39(29-40)35-15-6-2-7-16-35/h1-33H. The van der Waals surface area contributed by atoms with Crippen molar-refractivity contribution in [1.29, 1.82) is 0 Å². The van der Waals surface area contributed by atoms with Crippen molar-refractivity contribution in [1.82, 2.24) is 15.0 Å². The van der Waals surface area contributed by atoms with Crippen LogP contribution < -0.4 is 0 Å². The van der Waals surface area contributed by atoms with Gasteiger partial charge in [-0.15, -0.1) is 11.3 Å². The molecule has 0 aliphatic rings. The van der Waals surface area contributed by atoms with Crippen molar-refractivity contribution >= 4 is 31.5 Å².